The number of pyridine rings is 1. The van der Waals surface area contributed by atoms with Crippen LogP contribution in [0, 0.1) is 6.92 Å². The molecule has 1 aromatic carbocycles. The number of rotatable bonds is 2. The lowest BCUT2D eigenvalue weighted by atomic mass is 10.3. The maximum absolute atomic E-state index is 5.83. The number of aromatic nitrogens is 1. The molecule has 2 nitrogen and oxygen atoms in total. The molecule has 0 aliphatic rings. The van der Waals surface area contributed by atoms with Crippen LogP contribution in [0.25, 0.3) is 0 Å². The summed E-state index contributed by atoms with van der Waals surface area (Å²) < 4.78 is 5.50. The first-order valence-electron chi connectivity index (χ1n) is 4.46. The van der Waals surface area contributed by atoms with Crippen molar-refractivity contribution in [3.8, 4) is 11.6 Å². The number of halogens is 1. The summed E-state index contributed by atoms with van der Waals surface area (Å²) >= 11 is 5.83. The van der Waals surface area contributed by atoms with Crippen molar-refractivity contribution < 1.29 is 4.74 Å². The van der Waals surface area contributed by atoms with Crippen LogP contribution in [0.15, 0.2) is 42.5 Å². The zero-order chi connectivity index (χ0) is 10.7. The molecule has 1 heterocycles. The van der Waals surface area contributed by atoms with Crippen molar-refractivity contribution in [3.05, 3.63) is 60.1 Å². The van der Waals surface area contributed by atoms with Gasteiger partial charge in [-0.25, -0.2) is 4.98 Å². The zero-order valence-electron chi connectivity index (χ0n) is 7.98. The summed E-state index contributed by atoms with van der Waals surface area (Å²) in [4.78, 5) is 4.12. The largest absolute Gasteiger partial charge is 0.439 e. The average molecular weight is 219 g/mol. The van der Waals surface area contributed by atoms with Crippen LogP contribution in [0.2, 0.25) is 5.02 Å². The predicted octanol–water partition coefficient (Wildman–Crippen LogP) is 3.71. The van der Waals surface area contributed by atoms with Gasteiger partial charge in [0.2, 0.25) is 5.88 Å². The number of hydrogen-bond acceptors (Lipinski definition) is 2. The van der Waals surface area contributed by atoms with Crippen LogP contribution in [0.4, 0.5) is 0 Å². The summed E-state index contributed by atoms with van der Waals surface area (Å²) in [5.74, 6) is 1.19. The molecule has 0 saturated carbocycles. The standard InChI is InChI=1S/C12H9ClNO/c1-9-4-2-7-12(14-9)15-11-6-3-5-10(13)8-11/h2-8H,1H2. The van der Waals surface area contributed by atoms with Crippen LogP contribution in [0.5, 0.6) is 11.6 Å². The van der Waals surface area contributed by atoms with Gasteiger partial charge in [0, 0.05) is 16.8 Å². The van der Waals surface area contributed by atoms with Crippen LogP contribution in [0.3, 0.4) is 0 Å². The van der Waals surface area contributed by atoms with Crippen molar-refractivity contribution >= 4 is 11.6 Å². The van der Waals surface area contributed by atoms with Gasteiger partial charge >= 0.3 is 0 Å². The van der Waals surface area contributed by atoms with E-state index in [1.807, 2.05) is 24.3 Å². The fourth-order valence-corrected chi connectivity index (χ4v) is 1.35. The lowest BCUT2D eigenvalue weighted by Gasteiger charge is -2.04. The topological polar surface area (TPSA) is 22.1 Å². The molecule has 2 aromatic rings. The average Bonchev–Trinajstić information content (AvgIpc) is 2.17. The second kappa shape index (κ2) is 4.32. The monoisotopic (exact) mass is 218 g/mol. The molecule has 0 fully saturated rings. The summed E-state index contributed by atoms with van der Waals surface area (Å²) in [5, 5.41) is 0.637. The van der Waals surface area contributed by atoms with Crippen molar-refractivity contribution in [1.82, 2.24) is 4.98 Å². The lowest BCUT2D eigenvalue weighted by Crippen LogP contribution is -1.88. The van der Waals surface area contributed by atoms with E-state index in [1.54, 1.807) is 18.2 Å². The number of benzene rings is 1. The van der Waals surface area contributed by atoms with Crippen molar-refractivity contribution in [2.24, 2.45) is 0 Å². The highest BCUT2D eigenvalue weighted by atomic mass is 35.5. The third-order valence-corrected chi connectivity index (χ3v) is 2.03. The third kappa shape index (κ3) is 2.70. The Hall–Kier alpha value is -1.54. The minimum Gasteiger partial charge on any atom is -0.439 e. The molecule has 3 heteroatoms. The molecule has 2 rings (SSSR count). The van der Waals surface area contributed by atoms with Gasteiger partial charge in [-0.3, -0.25) is 0 Å². The molecule has 0 atom stereocenters. The van der Waals surface area contributed by atoms with Gasteiger partial charge < -0.3 is 4.74 Å². The van der Waals surface area contributed by atoms with Crippen LogP contribution < -0.4 is 4.74 Å². The Morgan fingerprint density at radius 3 is 2.67 bits per heavy atom. The molecule has 1 aromatic heterocycles. The summed E-state index contributed by atoms with van der Waals surface area (Å²) in [7, 11) is 0. The highest BCUT2D eigenvalue weighted by Gasteiger charge is 1.98. The molecule has 0 amide bonds. The van der Waals surface area contributed by atoms with E-state index in [1.165, 1.54) is 0 Å². The van der Waals surface area contributed by atoms with E-state index in [9.17, 15) is 0 Å². The normalized spacial score (nSPS) is 10.0. The molecule has 0 bridgehead atoms. The summed E-state index contributed by atoms with van der Waals surface area (Å²) in [6, 6.07) is 12.6. The molecule has 0 N–H and O–H groups in total. The maximum Gasteiger partial charge on any atom is 0.219 e. The van der Waals surface area contributed by atoms with Crippen molar-refractivity contribution in [2.75, 3.05) is 0 Å². The van der Waals surface area contributed by atoms with E-state index in [0.717, 1.165) is 0 Å². The molecule has 75 valence electrons. The van der Waals surface area contributed by atoms with Gasteiger partial charge in [0.1, 0.15) is 5.75 Å². The van der Waals surface area contributed by atoms with E-state index >= 15 is 0 Å². The fourth-order valence-electron chi connectivity index (χ4n) is 1.17. The van der Waals surface area contributed by atoms with E-state index < -0.39 is 0 Å². The molecule has 0 saturated heterocycles. The molecular formula is C12H9ClNO. The van der Waals surface area contributed by atoms with Crippen molar-refractivity contribution in [1.29, 1.82) is 0 Å². The first kappa shape index (κ1) is 9.99. The van der Waals surface area contributed by atoms with Gasteiger partial charge in [0.15, 0.2) is 0 Å². The highest BCUT2D eigenvalue weighted by Crippen LogP contribution is 2.22. The third-order valence-electron chi connectivity index (χ3n) is 1.80. The van der Waals surface area contributed by atoms with Crippen LogP contribution in [-0.4, -0.2) is 4.98 Å². The van der Waals surface area contributed by atoms with Crippen molar-refractivity contribution in [3.63, 3.8) is 0 Å². The predicted molar refractivity (Wildman–Crippen MR) is 60.2 cm³/mol. The maximum atomic E-state index is 5.83. The SMILES string of the molecule is [CH2]c1cccc(Oc2cccc(Cl)c2)n1. The molecule has 0 aliphatic heterocycles. The Morgan fingerprint density at radius 2 is 1.93 bits per heavy atom. The Bertz CT molecular complexity index is 427. The second-order valence-electron chi connectivity index (χ2n) is 3.03. The first-order chi connectivity index (χ1) is 7.24. The van der Waals surface area contributed by atoms with E-state index in [0.29, 0.717) is 22.3 Å². The van der Waals surface area contributed by atoms with E-state index in [-0.39, 0.29) is 0 Å². The van der Waals surface area contributed by atoms with Crippen molar-refractivity contribution in [2.45, 2.75) is 0 Å². The van der Waals surface area contributed by atoms with Crippen LogP contribution in [-0.2, 0) is 0 Å². The first-order valence-corrected chi connectivity index (χ1v) is 4.84. The summed E-state index contributed by atoms with van der Waals surface area (Å²) in [6.07, 6.45) is 0. The fraction of sp³-hybridized carbons (Fsp3) is 0. The Morgan fingerprint density at radius 1 is 1.13 bits per heavy atom. The molecule has 0 aliphatic carbocycles. The summed E-state index contributed by atoms with van der Waals surface area (Å²) in [6.45, 7) is 3.72. The quantitative estimate of drug-likeness (QED) is 0.767. The van der Waals surface area contributed by atoms with Gasteiger partial charge in [0.05, 0.1) is 0 Å². The van der Waals surface area contributed by atoms with Crippen LogP contribution >= 0.6 is 11.6 Å². The number of nitrogens with zero attached hydrogens (tertiary/aromatic N) is 1. The molecule has 15 heavy (non-hydrogen) atoms. The van der Waals surface area contributed by atoms with E-state index in [4.69, 9.17) is 16.3 Å². The second-order valence-corrected chi connectivity index (χ2v) is 3.46. The molecular weight excluding hydrogens is 210 g/mol. The van der Waals surface area contributed by atoms with E-state index in [2.05, 4.69) is 11.9 Å². The van der Waals surface area contributed by atoms with Gasteiger partial charge in [-0.05, 0) is 31.2 Å². The van der Waals surface area contributed by atoms with Gasteiger partial charge in [-0.2, -0.15) is 0 Å². The number of hydrogen-bond donors (Lipinski definition) is 0. The zero-order valence-corrected chi connectivity index (χ0v) is 8.74. The van der Waals surface area contributed by atoms with Crippen LogP contribution in [0.1, 0.15) is 5.69 Å². The minimum absolute atomic E-state index is 0.518. The minimum atomic E-state index is 0.518. The Balaban J connectivity index is 2.22. The molecule has 1 radical (unpaired) electrons. The highest BCUT2D eigenvalue weighted by molar-refractivity contribution is 6.30. The smallest absolute Gasteiger partial charge is 0.219 e. The number of ether oxygens (including phenoxy) is 1. The van der Waals surface area contributed by atoms with Gasteiger partial charge in [-0.1, -0.05) is 23.7 Å². The van der Waals surface area contributed by atoms with Gasteiger partial charge in [0.25, 0.3) is 0 Å². The molecule has 0 unspecified atom stereocenters. The molecule has 0 spiro atoms. The van der Waals surface area contributed by atoms with Gasteiger partial charge in [-0.15, -0.1) is 0 Å². The Kier molecular flexibility index (Phi) is 2.88. The Labute approximate surface area is 93.5 Å². The lowest BCUT2D eigenvalue weighted by molar-refractivity contribution is 0.462. The summed E-state index contributed by atoms with van der Waals surface area (Å²) in [5.41, 5.74) is 0.675.